The summed E-state index contributed by atoms with van der Waals surface area (Å²) < 4.78 is 36.9. The second kappa shape index (κ2) is 7.27. The molecular weight excluding hydrogens is 403 g/mol. The molecule has 0 unspecified atom stereocenters. The molecular formula is C15H14BrFN2O4S. The number of anilines is 1. The Labute approximate surface area is 146 Å². The third-order valence-electron chi connectivity index (χ3n) is 3.29. The molecule has 0 aliphatic heterocycles. The molecule has 0 spiro atoms. The van der Waals surface area contributed by atoms with Crippen LogP contribution in [0.4, 0.5) is 15.8 Å². The molecule has 0 aliphatic carbocycles. The van der Waals surface area contributed by atoms with Crippen LogP contribution in [-0.2, 0) is 16.3 Å². The molecule has 2 aromatic carbocycles. The summed E-state index contributed by atoms with van der Waals surface area (Å²) >= 11 is 3.09. The van der Waals surface area contributed by atoms with Crippen molar-refractivity contribution in [1.29, 1.82) is 0 Å². The molecule has 0 aliphatic rings. The van der Waals surface area contributed by atoms with Crippen molar-refractivity contribution in [3.8, 4) is 0 Å². The molecule has 128 valence electrons. The monoisotopic (exact) mass is 416 g/mol. The lowest BCUT2D eigenvalue weighted by Crippen LogP contribution is -2.10. The molecule has 2 aromatic rings. The maximum atomic E-state index is 13.2. The Morgan fingerprint density at radius 1 is 1.29 bits per heavy atom. The molecule has 0 bridgehead atoms. The number of nitro benzene ring substituents is 1. The predicted molar refractivity (Wildman–Crippen MR) is 92.5 cm³/mol. The molecule has 2 rings (SSSR count). The van der Waals surface area contributed by atoms with Crippen molar-refractivity contribution < 1.29 is 17.7 Å². The number of halogens is 2. The number of rotatable bonds is 6. The molecule has 0 saturated heterocycles. The Hall–Kier alpha value is -2.00. The van der Waals surface area contributed by atoms with Gasteiger partial charge < -0.3 is 5.32 Å². The molecule has 0 radical (unpaired) electrons. The van der Waals surface area contributed by atoms with Crippen LogP contribution in [0, 0.1) is 15.9 Å². The van der Waals surface area contributed by atoms with Crippen LogP contribution in [0.3, 0.4) is 0 Å². The van der Waals surface area contributed by atoms with Gasteiger partial charge in [-0.1, -0.05) is 12.1 Å². The zero-order valence-electron chi connectivity index (χ0n) is 12.6. The Morgan fingerprint density at radius 2 is 2.00 bits per heavy atom. The maximum absolute atomic E-state index is 13.2. The number of benzene rings is 2. The van der Waals surface area contributed by atoms with E-state index in [9.17, 15) is 22.9 Å². The van der Waals surface area contributed by atoms with Gasteiger partial charge in [-0.3, -0.25) is 10.1 Å². The Bertz CT molecular complexity index is 887. The number of nitro groups is 1. The van der Waals surface area contributed by atoms with Crippen LogP contribution in [-0.4, -0.2) is 26.1 Å². The van der Waals surface area contributed by atoms with Gasteiger partial charge in [0.1, 0.15) is 16.4 Å². The predicted octanol–water partition coefficient (Wildman–Crippen LogP) is 3.55. The van der Waals surface area contributed by atoms with Crippen LogP contribution in [0.15, 0.2) is 45.8 Å². The van der Waals surface area contributed by atoms with Gasteiger partial charge in [-0.2, -0.15) is 0 Å². The average Bonchev–Trinajstić information content (AvgIpc) is 2.49. The van der Waals surface area contributed by atoms with Crippen molar-refractivity contribution in [1.82, 2.24) is 0 Å². The van der Waals surface area contributed by atoms with Gasteiger partial charge in [-0.25, -0.2) is 12.8 Å². The van der Waals surface area contributed by atoms with Crippen molar-refractivity contribution in [3.05, 3.63) is 62.4 Å². The third-order valence-corrected chi connectivity index (χ3v) is 5.03. The van der Waals surface area contributed by atoms with E-state index in [0.29, 0.717) is 17.4 Å². The Kier molecular flexibility index (Phi) is 5.55. The first-order chi connectivity index (χ1) is 11.2. The lowest BCUT2D eigenvalue weighted by molar-refractivity contribution is -0.386. The summed E-state index contributed by atoms with van der Waals surface area (Å²) in [5.74, 6) is -0.372. The van der Waals surface area contributed by atoms with E-state index in [1.54, 1.807) is 12.1 Å². The summed E-state index contributed by atoms with van der Waals surface area (Å²) in [6.07, 6.45) is 1.41. The lowest BCUT2D eigenvalue weighted by atomic mass is 10.1. The number of hydrogen-bond acceptors (Lipinski definition) is 5. The zero-order valence-corrected chi connectivity index (χ0v) is 15.0. The lowest BCUT2D eigenvalue weighted by Gasteiger charge is -2.10. The van der Waals surface area contributed by atoms with Crippen LogP contribution >= 0.6 is 15.9 Å². The summed E-state index contributed by atoms with van der Waals surface area (Å²) in [4.78, 5) is 10.2. The molecule has 1 N–H and O–H groups in total. The second-order valence-corrected chi connectivity index (χ2v) is 7.95. The van der Waals surface area contributed by atoms with E-state index in [-0.39, 0.29) is 16.4 Å². The fourth-order valence-corrected chi connectivity index (χ4v) is 3.48. The molecule has 0 aromatic heterocycles. The van der Waals surface area contributed by atoms with Crippen LogP contribution < -0.4 is 5.32 Å². The standard InChI is InChI=1S/C15H14BrFN2O4S/c1-24(22,23)14-4-2-3-13(15(14)19(20)21)18-8-7-10-5-6-12(17)11(16)9-10/h2-6,9,18H,7-8H2,1H3. The van der Waals surface area contributed by atoms with Gasteiger partial charge >= 0.3 is 5.69 Å². The fourth-order valence-electron chi connectivity index (χ4n) is 2.19. The maximum Gasteiger partial charge on any atom is 0.310 e. The molecule has 9 heteroatoms. The van der Waals surface area contributed by atoms with Crippen molar-refractivity contribution in [3.63, 3.8) is 0 Å². The second-order valence-electron chi connectivity index (χ2n) is 5.11. The van der Waals surface area contributed by atoms with E-state index in [0.717, 1.165) is 11.8 Å². The van der Waals surface area contributed by atoms with Gasteiger partial charge in [0.05, 0.1) is 9.40 Å². The van der Waals surface area contributed by atoms with Gasteiger partial charge in [-0.15, -0.1) is 0 Å². The quantitative estimate of drug-likeness (QED) is 0.574. The van der Waals surface area contributed by atoms with Gasteiger partial charge in [-0.05, 0) is 52.2 Å². The zero-order chi connectivity index (χ0) is 17.9. The van der Waals surface area contributed by atoms with E-state index >= 15 is 0 Å². The minimum absolute atomic E-state index is 0.129. The van der Waals surface area contributed by atoms with Crippen molar-refractivity contribution in [2.24, 2.45) is 0 Å². The first-order valence-electron chi connectivity index (χ1n) is 6.85. The molecule has 0 atom stereocenters. The van der Waals surface area contributed by atoms with E-state index < -0.39 is 20.4 Å². The van der Waals surface area contributed by atoms with Crippen LogP contribution in [0.5, 0.6) is 0 Å². The molecule has 24 heavy (non-hydrogen) atoms. The largest absolute Gasteiger partial charge is 0.379 e. The first kappa shape index (κ1) is 18.3. The van der Waals surface area contributed by atoms with E-state index in [1.165, 1.54) is 24.3 Å². The molecule has 6 nitrogen and oxygen atoms in total. The van der Waals surface area contributed by atoms with Gasteiger partial charge in [0, 0.05) is 12.8 Å². The highest BCUT2D eigenvalue weighted by Crippen LogP contribution is 2.31. The minimum atomic E-state index is -3.72. The Balaban J connectivity index is 2.21. The van der Waals surface area contributed by atoms with E-state index in [1.807, 2.05) is 0 Å². The Morgan fingerprint density at radius 3 is 2.58 bits per heavy atom. The molecule has 0 fully saturated rings. The van der Waals surface area contributed by atoms with Crippen molar-refractivity contribution >= 4 is 37.1 Å². The summed E-state index contributed by atoms with van der Waals surface area (Å²) in [5.41, 5.74) is 0.488. The van der Waals surface area contributed by atoms with Crippen LogP contribution in [0.1, 0.15) is 5.56 Å². The van der Waals surface area contributed by atoms with Crippen molar-refractivity contribution in [2.75, 3.05) is 18.1 Å². The number of hydrogen-bond donors (Lipinski definition) is 1. The van der Waals surface area contributed by atoms with Gasteiger partial charge in [0.2, 0.25) is 0 Å². The summed E-state index contributed by atoms with van der Waals surface area (Å²) in [5, 5.41) is 14.1. The summed E-state index contributed by atoms with van der Waals surface area (Å²) in [6.45, 7) is 0.326. The molecule has 0 saturated carbocycles. The number of para-hydroxylation sites is 1. The topological polar surface area (TPSA) is 89.3 Å². The van der Waals surface area contributed by atoms with E-state index in [2.05, 4.69) is 21.2 Å². The van der Waals surface area contributed by atoms with E-state index in [4.69, 9.17) is 0 Å². The van der Waals surface area contributed by atoms with Crippen LogP contribution in [0.2, 0.25) is 0 Å². The number of nitrogens with one attached hydrogen (secondary N) is 1. The highest BCUT2D eigenvalue weighted by molar-refractivity contribution is 9.10. The minimum Gasteiger partial charge on any atom is -0.379 e. The smallest absolute Gasteiger partial charge is 0.310 e. The SMILES string of the molecule is CS(=O)(=O)c1cccc(NCCc2ccc(F)c(Br)c2)c1[N+](=O)[O-]. The fraction of sp³-hybridized carbons (Fsp3) is 0.200. The number of sulfone groups is 1. The van der Waals surface area contributed by atoms with Gasteiger partial charge in [0.15, 0.2) is 9.84 Å². The van der Waals surface area contributed by atoms with Gasteiger partial charge in [0.25, 0.3) is 0 Å². The normalized spacial score (nSPS) is 11.3. The third kappa shape index (κ3) is 4.30. The summed E-state index contributed by atoms with van der Waals surface area (Å²) in [6, 6.07) is 8.66. The highest BCUT2D eigenvalue weighted by Gasteiger charge is 2.25. The van der Waals surface area contributed by atoms with Crippen molar-refractivity contribution in [2.45, 2.75) is 11.3 Å². The summed E-state index contributed by atoms with van der Waals surface area (Å²) in [7, 11) is -3.72. The highest BCUT2D eigenvalue weighted by atomic mass is 79.9. The average molecular weight is 417 g/mol. The number of nitrogens with zero attached hydrogens (tertiary/aromatic N) is 1. The first-order valence-corrected chi connectivity index (χ1v) is 9.54. The molecule has 0 heterocycles. The van der Waals surface area contributed by atoms with Crippen LogP contribution in [0.25, 0.3) is 0 Å². The molecule has 0 amide bonds.